The zero-order valence-corrected chi connectivity index (χ0v) is 19.1. The lowest BCUT2D eigenvalue weighted by atomic mass is 9.84. The topological polar surface area (TPSA) is 122 Å². The second-order valence-electron chi connectivity index (χ2n) is 10.3. The number of rotatable bonds is 2. The molecule has 2 N–H and O–H groups in total. The Morgan fingerprint density at radius 2 is 1.03 bits per heavy atom. The van der Waals surface area contributed by atoms with E-state index in [0.29, 0.717) is 15.0 Å². The van der Waals surface area contributed by atoms with Gasteiger partial charge in [-0.3, -0.25) is 9.48 Å². The van der Waals surface area contributed by atoms with Crippen molar-refractivity contribution in [2.24, 2.45) is 0 Å². The molecule has 0 aliphatic carbocycles. The smallest absolute Gasteiger partial charge is 0.313 e. The van der Waals surface area contributed by atoms with Gasteiger partial charge < -0.3 is 15.5 Å². The van der Waals surface area contributed by atoms with Crippen LogP contribution in [0.4, 0.5) is 0 Å². The van der Waals surface area contributed by atoms with Crippen molar-refractivity contribution >= 4 is 11.7 Å². The maximum absolute atomic E-state index is 13.5. The molecule has 0 saturated heterocycles. The van der Waals surface area contributed by atoms with Gasteiger partial charge in [-0.05, 0) is 80.0 Å². The van der Waals surface area contributed by atoms with E-state index in [0.717, 1.165) is 10.1 Å². The Bertz CT molecular complexity index is 916. The van der Waals surface area contributed by atoms with Crippen LogP contribution < -0.4 is 5.11 Å². The molecule has 9 nitrogen and oxygen atoms in total. The third-order valence-corrected chi connectivity index (χ3v) is 7.57. The predicted molar refractivity (Wildman–Crippen MR) is 110 cm³/mol. The summed E-state index contributed by atoms with van der Waals surface area (Å²) in [5.74, 6) is -0.981. The summed E-state index contributed by atoms with van der Waals surface area (Å²) in [7, 11) is 0. The SMILES string of the molecule is Cc1cc(C2=[N+]([O-])C(C)(C)C(C)(C)N2O)c([O-])c(C2=[N+]([O-])C(C)(C)C(C)(C)N2O)c1. The number of hydrogen-bond acceptors (Lipinski definition) is 7. The zero-order chi connectivity index (χ0) is 23.2. The summed E-state index contributed by atoms with van der Waals surface area (Å²) in [4.78, 5) is 0. The van der Waals surface area contributed by atoms with E-state index in [1.54, 1.807) is 62.3 Å². The van der Waals surface area contributed by atoms with E-state index in [9.17, 15) is 25.9 Å². The van der Waals surface area contributed by atoms with Crippen molar-refractivity contribution in [3.63, 3.8) is 0 Å². The molecule has 0 spiro atoms. The van der Waals surface area contributed by atoms with E-state index in [1.165, 1.54) is 12.1 Å². The maximum atomic E-state index is 13.5. The van der Waals surface area contributed by atoms with Crippen molar-refractivity contribution in [1.82, 2.24) is 10.1 Å². The molecule has 0 aromatic heterocycles. The molecule has 0 fully saturated rings. The first-order valence-electron chi connectivity index (χ1n) is 9.91. The maximum Gasteiger partial charge on any atom is 0.313 e. The Morgan fingerprint density at radius 3 is 1.27 bits per heavy atom. The molecule has 2 heterocycles. The van der Waals surface area contributed by atoms with E-state index in [2.05, 4.69) is 0 Å². The molecule has 0 bridgehead atoms. The van der Waals surface area contributed by atoms with Crippen LogP contribution in [-0.2, 0) is 0 Å². The number of nitrogens with zero attached hydrogens (tertiary/aromatic N) is 4. The van der Waals surface area contributed by atoms with Crippen molar-refractivity contribution < 1.29 is 25.0 Å². The van der Waals surface area contributed by atoms with Crippen molar-refractivity contribution in [3.05, 3.63) is 39.2 Å². The summed E-state index contributed by atoms with van der Waals surface area (Å²) in [6, 6.07) is 3.02. The van der Waals surface area contributed by atoms with Crippen molar-refractivity contribution in [2.45, 2.75) is 84.5 Å². The van der Waals surface area contributed by atoms with Crippen molar-refractivity contribution in [3.8, 4) is 5.75 Å². The summed E-state index contributed by atoms with van der Waals surface area (Å²) in [5.41, 5.74) is -3.45. The van der Waals surface area contributed by atoms with E-state index < -0.39 is 27.9 Å². The van der Waals surface area contributed by atoms with Gasteiger partial charge in [0.25, 0.3) is 0 Å². The van der Waals surface area contributed by atoms with Crippen LogP contribution in [0.25, 0.3) is 0 Å². The van der Waals surface area contributed by atoms with E-state index in [1.807, 2.05) is 0 Å². The van der Waals surface area contributed by atoms with Gasteiger partial charge in [-0.25, -0.2) is 10.4 Å². The first-order chi connectivity index (χ1) is 13.4. The fourth-order valence-electron chi connectivity index (χ4n) is 3.80. The molecule has 9 heteroatoms. The molecule has 1 aromatic rings. The highest BCUT2D eigenvalue weighted by Crippen LogP contribution is 2.41. The number of hydroxylamine groups is 6. The predicted octanol–water partition coefficient (Wildman–Crippen LogP) is 2.11. The number of amidine groups is 2. The van der Waals surface area contributed by atoms with Gasteiger partial charge in [-0.2, -0.15) is 0 Å². The van der Waals surface area contributed by atoms with Crippen molar-refractivity contribution in [2.75, 3.05) is 0 Å². The minimum atomic E-state index is -1.02. The van der Waals surface area contributed by atoms with Crippen LogP contribution in [0.5, 0.6) is 5.75 Å². The quantitative estimate of drug-likeness (QED) is 0.556. The third kappa shape index (κ3) is 2.42. The molecule has 2 aliphatic rings. The Labute approximate surface area is 176 Å². The number of benzene rings is 1. The summed E-state index contributed by atoms with van der Waals surface area (Å²) in [6.07, 6.45) is 0. The molecule has 0 radical (unpaired) electrons. The van der Waals surface area contributed by atoms with Gasteiger partial charge in [-0.1, -0.05) is 5.75 Å². The molecule has 0 atom stereocenters. The standard InChI is InChI=1S/C21H32N4O5/c1-12-10-13(16-22(27)18(2,3)19(4,5)23(16)28)15(26)14(11-12)17-24(29)20(6,7)21(8,9)25(17)30/h10-11,26-27,29H,1-9H3/p-1. The third-order valence-electron chi connectivity index (χ3n) is 7.57. The monoisotopic (exact) mass is 419 g/mol. The molecular weight excluding hydrogens is 388 g/mol. The number of hydrogen-bond donors (Lipinski definition) is 2. The zero-order valence-electron chi connectivity index (χ0n) is 19.1. The van der Waals surface area contributed by atoms with E-state index in [4.69, 9.17) is 0 Å². The normalized spacial score (nSPS) is 24.2. The first-order valence-corrected chi connectivity index (χ1v) is 9.91. The summed E-state index contributed by atoms with van der Waals surface area (Å²) in [5, 5.41) is 62.9. The van der Waals surface area contributed by atoms with Crippen LogP contribution >= 0.6 is 0 Å². The second-order valence-corrected chi connectivity index (χ2v) is 10.3. The fraction of sp³-hybridized carbons (Fsp3) is 0.619. The first kappa shape index (κ1) is 22.2. The average molecular weight is 420 g/mol. The minimum absolute atomic E-state index is 0.0297. The molecule has 0 saturated carbocycles. The molecule has 2 aliphatic heterocycles. The summed E-state index contributed by atoms with van der Waals surface area (Å²) < 4.78 is 1.26. The lowest BCUT2D eigenvalue weighted by Gasteiger charge is -2.33. The van der Waals surface area contributed by atoms with Crippen molar-refractivity contribution in [1.29, 1.82) is 0 Å². The molecule has 0 unspecified atom stereocenters. The fourth-order valence-corrected chi connectivity index (χ4v) is 3.80. The Morgan fingerprint density at radius 1 is 0.733 bits per heavy atom. The van der Waals surface area contributed by atoms with Gasteiger partial charge in [0, 0.05) is 0 Å². The lowest BCUT2D eigenvalue weighted by Crippen LogP contribution is -2.53. The highest BCUT2D eigenvalue weighted by molar-refractivity contribution is 6.05. The molecule has 3 rings (SSSR count). The van der Waals surface area contributed by atoms with Crippen LogP contribution in [0.15, 0.2) is 12.1 Å². The average Bonchev–Trinajstić information content (AvgIpc) is 2.82. The van der Waals surface area contributed by atoms with Gasteiger partial charge >= 0.3 is 11.7 Å². The summed E-state index contributed by atoms with van der Waals surface area (Å²) >= 11 is 0. The molecule has 1 aromatic carbocycles. The van der Waals surface area contributed by atoms with Gasteiger partial charge in [0.15, 0.2) is 11.1 Å². The van der Waals surface area contributed by atoms with Crippen LogP contribution in [0, 0.1) is 17.3 Å². The lowest BCUT2D eigenvalue weighted by molar-refractivity contribution is -0.539. The molecular formula is C21H31N4O5-. The Kier molecular flexibility index (Phi) is 4.44. The molecule has 166 valence electrons. The van der Waals surface area contributed by atoms with Crippen LogP contribution in [0.1, 0.15) is 72.1 Å². The van der Waals surface area contributed by atoms with Crippen LogP contribution in [0.2, 0.25) is 0 Å². The molecule has 30 heavy (non-hydrogen) atoms. The van der Waals surface area contributed by atoms with Gasteiger partial charge in [0.2, 0.25) is 0 Å². The van der Waals surface area contributed by atoms with Gasteiger partial charge in [0.05, 0.1) is 11.1 Å². The molecule has 0 amide bonds. The summed E-state index contributed by atoms with van der Waals surface area (Å²) in [6.45, 7) is 15.3. The van der Waals surface area contributed by atoms with E-state index >= 15 is 0 Å². The largest absolute Gasteiger partial charge is 0.871 e. The highest BCUT2D eigenvalue weighted by atomic mass is 16.5. The Balaban J connectivity index is 2.31. The number of aryl methyl sites for hydroxylation is 1. The highest BCUT2D eigenvalue weighted by Gasteiger charge is 2.60. The Hall–Kier alpha value is -2.52. The van der Waals surface area contributed by atoms with Gasteiger partial charge in [0.1, 0.15) is 11.1 Å². The minimum Gasteiger partial charge on any atom is -0.871 e. The van der Waals surface area contributed by atoms with Crippen LogP contribution in [-0.4, -0.2) is 63.8 Å². The second kappa shape index (κ2) is 6.01. The van der Waals surface area contributed by atoms with E-state index in [-0.39, 0.29) is 22.8 Å². The van der Waals surface area contributed by atoms with Crippen LogP contribution in [0.3, 0.4) is 0 Å². The van der Waals surface area contributed by atoms with Gasteiger partial charge in [-0.15, -0.1) is 10.1 Å².